The summed E-state index contributed by atoms with van der Waals surface area (Å²) < 4.78 is 28.1. The molecule has 0 amide bonds. The molecule has 3 atom stereocenters. The number of carbonyl (C=O) groups excluding carboxylic acids is 1. The van der Waals surface area contributed by atoms with Gasteiger partial charge in [-0.15, -0.1) is 23.5 Å². The quantitative estimate of drug-likeness (QED) is 0.724. The van der Waals surface area contributed by atoms with Crippen LogP contribution in [0.4, 0.5) is 0 Å². The summed E-state index contributed by atoms with van der Waals surface area (Å²) in [5.74, 6) is 2.61. The Kier molecular flexibility index (Phi) is 3.69. The van der Waals surface area contributed by atoms with Crippen molar-refractivity contribution in [1.29, 1.82) is 0 Å². The Balaban J connectivity index is 1.87. The van der Waals surface area contributed by atoms with Crippen LogP contribution < -0.4 is 0 Å². The first-order chi connectivity index (χ1) is 8.90. The Morgan fingerprint density at radius 2 is 2.00 bits per heavy atom. The summed E-state index contributed by atoms with van der Waals surface area (Å²) in [6.07, 6.45) is 3.92. The molecular weight excluding hydrogens is 304 g/mol. The van der Waals surface area contributed by atoms with Crippen molar-refractivity contribution in [3.63, 3.8) is 0 Å². The molecule has 3 aliphatic rings. The molecule has 3 fully saturated rings. The van der Waals surface area contributed by atoms with Gasteiger partial charge in [-0.3, -0.25) is 8.98 Å². The topological polar surface area (TPSA) is 60.4 Å². The van der Waals surface area contributed by atoms with Gasteiger partial charge in [-0.2, -0.15) is 8.42 Å². The van der Waals surface area contributed by atoms with Gasteiger partial charge in [0.25, 0.3) is 10.1 Å². The number of Topliss-reactive ketones (excluding diaryl/α,β-unsaturated/α-hetero) is 1. The molecule has 7 heteroatoms. The van der Waals surface area contributed by atoms with Crippen LogP contribution in [-0.4, -0.2) is 42.1 Å². The molecule has 2 bridgehead atoms. The summed E-state index contributed by atoms with van der Waals surface area (Å²) >= 11 is 3.83. The lowest BCUT2D eigenvalue weighted by atomic mass is 9.85. The van der Waals surface area contributed by atoms with Gasteiger partial charge in [0.15, 0.2) is 0 Å². The van der Waals surface area contributed by atoms with E-state index in [2.05, 4.69) is 0 Å². The van der Waals surface area contributed by atoms with E-state index in [9.17, 15) is 13.2 Å². The van der Waals surface area contributed by atoms with Gasteiger partial charge < -0.3 is 0 Å². The molecule has 0 unspecified atom stereocenters. The average molecular weight is 322 g/mol. The monoisotopic (exact) mass is 322 g/mol. The van der Waals surface area contributed by atoms with Crippen molar-refractivity contribution >= 4 is 39.4 Å². The number of carbonyl (C=O) groups is 1. The zero-order valence-electron chi connectivity index (χ0n) is 10.8. The molecule has 0 aromatic heterocycles. The number of hydrogen-bond donors (Lipinski definition) is 0. The average Bonchev–Trinajstić information content (AvgIpc) is 2.66. The lowest BCUT2D eigenvalue weighted by Crippen LogP contribution is -2.44. The minimum absolute atomic E-state index is 0.0102. The number of ketones is 1. The minimum atomic E-state index is -3.50. The third kappa shape index (κ3) is 2.71. The normalized spacial score (nSPS) is 37.7. The van der Waals surface area contributed by atoms with Crippen LogP contribution in [0, 0.1) is 11.8 Å². The summed E-state index contributed by atoms with van der Waals surface area (Å²) in [6.45, 7) is 0. The Labute approximate surface area is 122 Å². The fourth-order valence-electron chi connectivity index (χ4n) is 3.47. The van der Waals surface area contributed by atoms with E-state index in [-0.39, 0.29) is 15.8 Å². The lowest BCUT2D eigenvalue weighted by Gasteiger charge is -2.45. The lowest BCUT2D eigenvalue weighted by molar-refractivity contribution is -0.122. The molecule has 1 saturated heterocycles. The Hall–Kier alpha value is 0.280. The zero-order chi connectivity index (χ0) is 13.7. The summed E-state index contributed by atoms with van der Waals surface area (Å²) in [6, 6.07) is 0. The smallest absolute Gasteiger partial charge is 0.264 e. The van der Waals surface area contributed by atoms with Crippen molar-refractivity contribution in [3.05, 3.63) is 0 Å². The van der Waals surface area contributed by atoms with Gasteiger partial charge in [0.1, 0.15) is 5.78 Å². The van der Waals surface area contributed by atoms with Crippen LogP contribution >= 0.6 is 23.5 Å². The first-order valence-corrected chi connectivity index (χ1v) is 10.4. The number of hydrogen-bond acceptors (Lipinski definition) is 6. The summed E-state index contributed by atoms with van der Waals surface area (Å²) in [7, 11) is -3.50. The molecule has 1 heterocycles. The molecule has 0 N–H and O–H groups in total. The van der Waals surface area contributed by atoms with Gasteiger partial charge in [-0.1, -0.05) is 0 Å². The van der Waals surface area contributed by atoms with Gasteiger partial charge in [-0.05, 0) is 36.7 Å². The molecule has 2 saturated carbocycles. The Bertz CT molecular complexity index is 481. The van der Waals surface area contributed by atoms with Crippen LogP contribution in [-0.2, 0) is 19.1 Å². The largest absolute Gasteiger partial charge is 0.299 e. The van der Waals surface area contributed by atoms with E-state index in [1.54, 1.807) is 0 Å². The van der Waals surface area contributed by atoms with Gasteiger partial charge in [0, 0.05) is 12.3 Å². The number of thioether (sulfide) groups is 2. The zero-order valence-corrected chi connectivity index (χ0v) is 13.3. The van der Waals surface area contributed by atoms with Crippen molar-refractivity contribution in [1.82, 2.24) is 0 Å². The van der Waals surface area contributed by atoms with Crippen LogP contribution in [0.3, 0.4) is 0 Å². The number of rotatable bonds is 2. The predicted molar refractivity (Wildman–Crippen MR) is 77.8 cm³/mol. The molecule has 1 spiro atoms. The van der Waals surface area contributed by atoms with Gasteiger partial charge in [0.05, 0.1) is 16.4 Å². The molecule has 108 valence electrons. The maximum Gasteiger partial charge on any atom is 0.264 e. The minimum Gasteiger partial charge on any atom is -0.299 e. The summed E-state index contributed by atoms with van der Waals surface area (Å²) in [4.78, 5) is 12.1. The van der Waals surface area contributed by atoms with Crippen LogP contribution in [0.15, 0.2) is 0 Å². The Morgan fingerprint density at radius 1 is 1.32 bits per heavy atom. The van der Waals surface area contributed by atoms with E-state index < -0.39 is 16.2 Å². The summed E-state index contributed by atoms with van der Waals surface area (Å²) in [5.41, 5.74) is 0. The standard InChI is InChI=1S/C12H18O4S3/c1-19(14,15)16-11-7-12(17-3-2-4-18-12)8-5-9(11)10(13)6-8/h8-9,11H,2-7H2,1H3/t8-,9-,11+/m1/s1. The highest BCUT2D eigenvalue weighted by Crippen LogP contribution is 2.60. The molecule has 0 aromatic rings. The maximum atomic E-state index is 12.1. The van der Waals surface area contributed by atoms with Crippen molar-refractivity contribution in [2.24, 2.45) is 11.8 Å². The van der Waals surface area contributed by atoms with Gasteiger partial charge >= 0.3 is 0 Å². The highest BCUT2D eigenvalue weighted by Gasteiger charge is 2.56. The number of fused-ring (bicyclic) bond motifs is 3. The molecule has 3 rings (SSSR count). The second-order valence-electron chi connectivity index (χ2n) is 5.61. The van der Waals surface area contributed by atoms with E-state index in [1.807, 2.05) is 23.5 Å². The van der Waals surface area contributed by atoms with Crippen molar-refractivity contribution < 1.29 is 17.4 Å². The van der Waals surface area contributed by atoms with E-state index >= 15 is 0 Å². The van der Waals surface area contributed by atoms with Crippen molar-refractivity contribution in [2.45, 2.75) is 35.9 Å². The maximum absolute atomic E-state index is 12.1. The first-order valence-electron chi connectivity index (χ1n) is 6.58. The highest BCUT2D eigenvalue weighted by atomic mass is 32.2. The Morgan fingerprint density at radius 3 is 2.63 bits per heavy atom. The molecular formula is C12H18O4S3. The fourth-order valence-corrected chi connectivity index (χ4v) is 7.80. The van der Waals surface area contributed by atoms with E-state index in [1.165, 1.54) is 6.42 Å². The molecule has 19 heavy (non-hydrogen) atoms. The first kappa shape index (κ1) is 14.2. The van der Waals surface area contributed by atoms with E-state index in [0.29, 0.717) is 18.8 Å². The third-order valence-electron chi connectivity index (χ3n) is 4.24. The molecule has 0 aromatic carbocycles. The second-order valence-corrected chi connectivity index (χ2v) is 10.3. The van der Waals surface area contributed by atoms with Crippen LogP contribution in [0.2, 0.25) is 0 Å². The van der Waals surface area contributed by atoms with Gasteiger partial charge in [-0.25, -0.2) is 0 Å². The van der Waals surface area contributed by atoms with Gasteiger partial charge in [0.2, 0.25) is 0 Å². The van der Waals surface area contributed by atoms with Crippen molar-refractivity contribution in [3.8, 4) is 0 Å². The second kappa shape index (κ2) is 4.93. The predicted octanol–water partition coefficient (Wildman–Crippen LogP) is 1.90. The van der Waals surface area contributed by atoms with Crippen LogP contribution in [0.1, 0.15) is 25.7 Å². The highest BCUT2D eigenvalue weighted by molar-refractivity contribution is 8.18. The van der Waals surface area contributed by atoms with E-state index in [0.717, 1.165) is 24.2 Å². The van der Waals surface area contributed by atoms with Crippen LogP contribution in [0.25, 0.3) is 0 Å². The molecule has 4 nitrogen and oxygen atoms in total. The summed E-state index contributed by atoms with van der Waals surface area (Å²) in [5, 5.41) is 0. The van der Waals surface area contributed by atoms with Crippen molar-refractivity contribution in [2.75, 3.05) is 17.8 Å². The SMILES string of the molecule is CS(=O)(=O)O[C@H]1CC2(SCCCS2)[C@H]2CC(=O)[C@H]1C2. The molecule has 1 aliphatic heterocycles. The van der Waals surface area contributed by atoms with Crippen LogP contribution in [0.5, 0.6) is 0 Å². The molecule has 0 radical (unpaired) electrons. The van der Waals surface area contributed by atoms with E-state index in [4.69, 9.17) is 4.18 Å². The third-order valence-corrected chi connectivity index (χ3v) is 8.50. The fraction of sp³-hybridized carbons (Fsp3) is 0.917. The molecule has 2 aliphatic carbocycles.